The predicted octanol–water partition coefficient (Wildman–Crippen LogP) is 3.73. The monoisotopic (exact) mass is 265 g/mol. The van der Waals surface area contributed by atoms with E-state index in [9.17, 15) is 8.78 Å². The Morgan fingerprint density at radius 2 is 1.67 bits per heavy atom. The Bertz CT molecular complexity index is 537. The second-order valence-electron chi connectivity index (χ2n) is 3.92. The van der Waals surface area contributed by atoms with Crippen molar-refractivity contribution in [3.05, 3.63) is 65.2 Å². The van der Waals surface area contributed by atoms with Crippen molar-refractivity contribution >= 4 is 11.8 Å². The van der Waals surface area contributed by atoms with E-state index in [0.717, 1.165) is 16.5 Å². The zero-order valence-corrected chi connectivity index (χ0v) is 10.7. The smallest absolute Gasteiger partial charge is 0.126 e. The minimum absolute atomic E-state index is 0.439. The van der Waals surface area contributed by atoms with Gasteiger partial charge < -0.3 is 5.73 Å². The average Bonchev–Trinajstić information content (AvgIpc) is 2.36. The standard InChI is InChI=1S/C14H13F2NS/c1-18-13-5-3-2-4-12(13)14(17)9-6-10(15)8-11(16)7-9/h2-8,14H,17H2,1H3. The highest BCUT2D eigenvalue weighted by atomic mass is 32.2. The molecule has 0 saturated heterocycles. The molecule has 0 saturated carbocycles. The molecule has 0 aliphatic heterocycles. The normalized spacial score (nSPS) is 12.4. The van der Waals surface area contributed by atoms with Crippen LogP contribution in [0, 0.1) is 11.6 Å². The van der Waals surface area contributed by atoms with Gasteiger partial charge in [0, 0.05) is 11.0 Å². The maximum Gasteiger partial charge on any atom is 0.126 e. The van der Waals surface area contributed by atoms with Gasteiger partial charge in [-0.05, 0) is 35.6 Å². The van der Waals surface area contributed by atoms with Crippen LogP contribution in [0.15, 0.2) is 47.4 Å². The second-order valence-corrected chi connectivity index (χ2v) is 4.77. The van der Waals surface area contributed by atoms with Crippen LogP contribution in [-0.2, 0) is 0 Å². The maximum atomic E-state index is 13.2. The molecule has 2 N–H and O–H groups in total. The van der Waals surface area contributed by atoms with E-state index in [2.05, 4.69) is 0 Å². The van der Waals surface area contributed by atoms with E-state index in [0.29, 0.717) is 5.56 Å². The van der Waals surface area contributed by atoms with Gasteiger partial charge in [-0.1, -0.05) is 18.2 Å². The van der Waals surface area contributed by atoms with Gasteiger partial charge in [0.25, 0.3) is 0 Å². The molecule has 0 aliphatic rings. The Kier molecular flexibility index (Phi) is 3.99. The molecule has 18 heavy (non-hydrogen) atoms. The summed E-state index contributed by atoms with van der Waals surface area (Å²) in [5, 5.41) is 0. The van der Waals surface area contributed by atoms with Crippen LogP contribution in [0.1, 0.15) is 17.2 Å². The highest BCUT2D eigenvalue weighted by molar-refractivity contribution is 7.98. The minimum atomic E-state index is -0.609. The number of hydrogen-bond donors (Lipinski definition) is 1. The summed E-state index contributed by atoms with van der Waals surface area (Å²) in [6.45, 7) is 0. The fourth-order valence-corrected chi connectivity index (χ4v) is 2.50. The Hall–Kier alpha value is -1.39. The number of hydrogen-bond acceptors (Lipinski definition) is 2. The van der Waals surface area contributed by atoms with Crippen molar-refractivity contribution in [2.45, 2.75) is 10.9 Å². The highest BCUT2D eigenvalue weighted by Gasteiger charge is 2.14. The van der Waals surface area contributed by atoms with Crippen LogP contribution in [0.5, 0.6) is 0 Å². The van der Waals surface area contributed by atoms with Gasteiger partial charge >= 0.3 is 0 Å². The number of halogens is 2. The summed E-state index contributed by atoms with van der Waals surface area (Å²) in [6.07, 6.45) is 1.94. The third-order valence-electron chi connectivity index (χ3n) is 2.72. The summed E-state index contributed by atoms with van der Waals surface area (Å²) in [4.78, 5) is 1.01. The van der Waals surface area contributed by atoms with E-state index in [4.69, 9.17) is 5.73 Å². The summed E-state index contributed by atoms with van der Waals surface area (Å²) in [5.41, 5.74) is 7.39. The van der Waals surface area contributed by atoms with E-state index in [-0.39, 0.29) is 0 Å². The van der Waals surface area contributed by atoms with Crippen molar-refractivity contribution in [2.24, 2.45) is 5.73 Å². The van der Waals surface area contributed by atoms with Gasteiger partial charge in [0.1, 0.15) is 11.6 Å². The maximum absolute atomic E-state index is 13.2. The van der Waals surface area contributed by atoms with Crippen LogP contribution >= 0.6 is 11.8 Å². The zero-order valence-electron chi connectivity index (χ0n) is 9.86. The van der Waals surface area contributed by atoms with Crippen molar-refractivity contribution in [3.8, 4) is 0 Å². The molecule has 0 heterocycles. The van der Waals surface area contributed by atoms with Gasteiger partial charge in [0.2, 0.25) is 0 Å². The molecule has 0 bridgehead atoms. The third kappa shape index (κ3) is 2.71. The third-order valence-corrected chi connectivity index (χ3v) is 3.53. The molecule has 0 fully saturated rings. The Labute approximate surface area is 109 Å². The van der Waals surface area contributed by atoms with Gasteiger partial charge in [-0.15, -0.1) is 11.8 Å². The lowest BCUT2D eigenvalue weighted by molar-refractivity contribution is 0.577. The fraction of sp³-hybridized carbons (Fsp3) is 0.143. The molecular weight excluding hydrogens is 252 g/mol. The van der Waals surface area contributed by atoms with Crippen molar-refractivity contribution in [1.82, 2.24) is 0 Å². The molecule has 4 heteroatoms. The lowest BCUT2D eigenvalue weighted by Crippen LogP contribution is -2.13. The molecule has 2 aromatic rings. The molecule has 1 atom stereocenters. The van der Waals surface area contributed by atoms with Crippen molar-refractivity contribution in [3.63, 3.8) is 0 Å². The Balaban J connectivity index is 2.44. The Morgan fingerprint density at radius 1 is 1.06 bits per heavy atom. The van der Waals surface area contributed by atoms with Crippen molar-refractivity contribution in [2.75, 3.05) is 6.26 Å². The predicted molar refractivity (Wildman–Crippen MR) is 70.6 cm³/mol. The first-order valence-corrected chi connectivity index (χ1v) is 6.69. The van der Waals surface area contributed by atoms with E-state index in [1.165, 1.54) is 12.1 Å². The van der Waals surface area contributed by atoms with Crippen LogP contribution in [0.4, 0.5) is 8.78 Å². The molecule has 0 radical (unpaired) electrons. The number of rotatable bonds is 3. The first-order valence-electron chi connectivity index (χ1n) is 5.46. The molecule has 2 rings (SSSR count). The molecule has 94 valence electrons. The van der Waals surface area contributed by atoms with E-state index in [1.54, 1.807) is 11.8 Å². The molecular formula is C14H13F2NS. The molecule has 1 nitrogen and oxygen atoms in total. The first-order chi connectivity index (χ1) is 8.61. The summed E-state index contributed by atoms with van der Waals surface area (Å²) >= 11 is 1.56. The van der Waals surface area contributed by atoms with Crippen LogP contribution in [0.2, 0.25) is 0 Å². The number of benzene rings is 2. The fourth-order valence-electron chi connectivity index (χ4n) is 1.86. The summed E-state index contributed by atoms with van der Waals surface area (Å²) in [6, 6.07) is 10.4. The van der Waals surface area contributed by atoms with Gasteiger partial charge in [-0.2, -0.15) is 0 Å². The summed E-state index contributed by atoms with van der Waals surface area (Å²) in [5.74, 6) is -1.22. The summed E-state index contributed by atoms with van der Waals surface area (Å²) < 4.78 is 26.4. The molecule has 2 aromatic carbocycles. The van der Waals surface area contributed by atoms with Crippen LogP contribution in [0.25, 0.3) is 0 Å². The zero-order chi connectivity index (χ0) is 13.1. The molecule has 1 unspecified atom stereocenters. The SMILES string of the molecule is CSc1ccccc1C(N)c1cc(F)cc(F)c1. The van der Waals surface area contributed by atoms with Crippen LogP contribution in [-0.4, -0.2) is 6.26 Å². The molecule has 0 aliphatic carbocycles. The van der Waals surface area contributed by atoms with Gasteiger partial charge in [-0.3, -0.25) is 0 Å². The van der Waals surface area contributed by atoms with Crippen molar-refractivity contribution < 1.29 is 8.78 Å². The lowest BCUT2D eigenvalue weighted by atomic mass is 9.99. The first kappa shape index (κ1) is 13.1. The largest absolute Gasteiger partial charge is 0.320 e. The summed E-state index contributed by atoms with van der Waals surface area (Å²) in [7, 11) is 0. The van der Waals surface area contributed by atoms with Crippen LogP contribution in [0.3, 0.4) is 0 Å². The average molecular weight is 265 g/mol. The number of nitrogens with two attached hydrogens (primary N) is 1. The van der Waals surface area contributed by atoms with Crippen molar-refractivity contribution in [1.29, 1.82) is 0 Å². The Morgan fingerprint density at radius 3 is 2.28 bits per heavy atom. The topological polar surface area (TPSA) is 26.0 Å². The molecule has 0 aromatic heterocycles. The van der Waals surface area contributed by atoms with Gasteiger partial charge in [0.05, 0.1) is 6.04 Å². The van der Waals surface area contributed by atoms with E-state index >= 15 is 0 Å². The van der Waals surface area contributed by atoms with Gasteiger partial charge in [-0.25, -0.2) is 8.78 Å². The van der Waals surface area contributed by atoms with E-state index in [1.807, 2.05) is 30.5 Å². The van der Waals surface area contributed by atoms with Crippen LogP contribution < -0.4 is 5.73 Å². The minimum Gasteiger partial charge on any atom is -0.320 e. The second kappa shape index (κ2) is 5.50. The molecule has 0 amide bonds. The quantitative estimate of drug-likeness (QED) is 0.856. The van der Waals surface area contributed by atoms with E-state index < -0.39 is 17.7 Å². The van der Waals surface area contributed by atoms with Gasteiger partial charge in [0.15, 0.2) is 0 Å². The molecule has 0 spiro atoms. The number of thioether (sulfide) groups is 1. The lowest BCUT2D eigenvalue weighted by Gasteiger charge is -2.16. The highest BCUT2D eigenvalue weighted by Crippen LogP contribution is 2.29.